The molecule has 1 fully saturated rings. The Balaban J connectivity index is 2.24. The first kappa shape index (κ1) is 16.8. The SMILES string of the molecule is O=C(c1ccc(Br)cc1C(F)(F)F)N1CCC(CBr)CC1. The minimum Gasteiger partial charge on any atom is -0.339 e. The smallest absolute Gasteiger partial charge is 0.339 e. The van der Waals surface area contributed by atoms with E-state index in [9.17, 15) is 18.0 Å². The zero-order chi connectivity index (χ0) is 15.6. The molecule has 0 radical (unpaired) electrons. The molecule has 1 amide bonds. The van der Waals surface area contributed by atoms with Crippen molar-refractivity contribution in [3.05, 3.63) is 33.8 Å². The van der Waals surface area contributed by atoms with Crippen molar-refractivity contribution in [2.24, 2.45) is 5.92 Å². The Bertz CT molecular complexity index is 525. The van der Waals surface area contributed by atoms with Crippen molar-refractivity contribution in [3.63, 3.8) is 0 Å². The van der Waals surface area contributed by atoms with Crippen LogP contribution in [0.4, 0.5) is 13.2 Å². The predicted octanol–water partition coefficient (Wildman–Crippen LogP) is 4.72. The van der Waals surface area contributed by atoms with E-state index in [2.05, 4.69) is 31.9 Å². The third-order valence-electron chi connectivity index (χ3n) is 3.64. The zero-order valence-electron chi connectivity index (χ0n) is 11.1. The maximum Gasteiger partial charge on any atom is 0.417 e. The van der Waals surface area contributed by atoms with Gasteiger partial charge in [-0.15, -0.1) is 0 Å². The molecule has 1 aliphatic rings. The van der Waals surface area contributed by atoms with Gasteiger partial charge in [-0.05, 0) is 37.0 Å². The summed E-state index contributed by atoms with van der Waals surface area (Å²) in [7, 11) is 0. The number of alkyl halides is 4. The van der Waals surface area contributed by atoms with Gasteiger partial charge in [0.05, 0.1) is 11.1 Å². The normalized spacial score (nSPS) is 17.1. The Kier molecular flexibility index (Phi) is 5.35. The van der Waals surface area contributed by atoms with E-state index < -0.39 is 17.6 Å². The first-order chi connectivity index (χ1) is 9.82. The second-order valence-corrected chi connectivity index (χ2v) is 6.64. The Morgan fingerprint density at radius 1 is 1.29 bits per heavy atom. The number of benzene rings is 1. The Hall–Kier alpha value is -0.560. The highest BCUT2D eigenvalue weighted by atomic mass is 79.9. The van der Waals surface area contributed by atoms with Crippen LogP contribution in [-0.2, 0) is 6.18 Å². The van der Waals surface area contributed by atoms with E-state index >= 15 is 0 Å². The largest absolute Gasteiger partial charge is 0.417 e. The van der Waals surface area contributed by atoms with Gasteiger partial charge in [-0.1, -0.05) is 31.9 Å². The van der Waals surface area contributed by atoms with Gasteiger partial charge in [0, 0.05) is 22.9 Å². The molecule has 0 spiro atoms. The quantitative estimate of drug-likeness (QED) is 0.624. The summed E-state index contributed by atoms with van der Waals surface area (Å²) in [5, 5.41) is 0.862. The summed E-state index contributed by atoms with van der Waals surface area (Å²) >= 11 is 6.42. The van der Waals surface area contributed by atoms with E-state index in [0.29, 0.717) is 23.5 Å². The molecular weight excluding hydrogens is 415 g/mol. The number of hydrogen-bond donors (Lipinski definition) is 0. The van der Waals surface area contributed by atoms with Crippen LogP contribution in [0.5, 0.6) is 0 Å². The third kappa shape index (κ3) is 4.00. The lowest BCUT2D eigenvalue weighted by Gasteiger charge is -2.31. The van der Waals surface area contributed by atoms with Crippen LogP contribution in [0.3, 0.4) is 0 Å². The molecule has 0 aliphatic carbocycles. The Morgan fingerprint density at radius 2 is 1.90 bits per heavy atom. The van der Waals surface area contributed by atoms with Gasteiger partial charge in [0.1, 0.15) is 0 Å². The highest BCUT2D eigenvalue weighted by Crippen LogP contribution is 2.35. The first-order valence-electron chi connectivity index (χ1n) is 6.55. The second-order valence-electron chi connectivity index (χ2n) is 5.08. The molecule has 2 nitrogen and oxygen atoms in total. The van der Waals surface area contributed by atoms with Gasteiger partial charge in [-0.2, -0.15) is 13.2 Å². The molecule has 116 valence electrons. The van der Waals surface area contributed by atoms with Crippen LogP contribution in [0, 0.1) is 5.92 Å². The Morgan fingerprint density at radius 3 is 2.43 bits per heavy atom. The fraction of sp³-hybridized carbons (Fsp3) is 0.500. The highest BCUT2D eigenvalue weighted by molar-refractivity contribution is 9.10. The summed E-state index contributed by atoms with van der Waals surface area (Å²) in [5.41, 5.74) is -1.16. The van der Waals surface area contributed by atoms with E-state index in [-0.39, 0.29) is 5.56 Å². The van der Waals surface area contributed by atoms with Crippen molar-refractivity contribution < 1.29 is 18.0 Å². The van der Waals surface area contributed by atoms with Crippen LogP contribution in [0.25, 0.3) is 0 Å². The van der Waals surface area contributed by atoms with Crippen molar-refractivity contribution in [2.75, 3.05) is 18.4 Å². The maximum atomic E-state index is 13.1. The fourth-order valence-corrected chi connectivity index (χ4v) is 3.41. The van der Waals surface area contributed by atoms with E-state index in [1.165, 1.54) is 17.0 Å². The van der Waals surface area contributed by atoms with Crippen LogP contribution in [0.15, 0.2) is 22.7 Å². The number of carbonyl (C=O) groups excluding carboxylic acids is 1. The van der Waals surface area contributed by atoms with Gasteiger partial charge in [0.15, 0.2) is 0 Å². The van der Waals surface area contributed by atoms with E-state index in [1.54, 1.807) is 0 Å². The van der Waals surface area contributed by atoms with Gasteiger partial charge in [0.25, 0.3) is 5.91 Å². The number of likely N-dealkylation sites (tertiary alicyclic amines) is 1. The van der Waals surface area contributed by atoms with Crippen molar-refractivity contribution in [1.29, 1.82) is 0 Å². The minimum atomic E-state index is -4.54. The second kappa shape index (κ2) is 6.69. The molecule has 1 aromatic rings. The minimum absolute atomic E-state index is 0.275. The van der Waals surface area contributed by atoms with Crippen molar-refractivity contribution >= 4 is 37.8 Å². The van der Waals surface area contributed by atoms with Crippen LogP contribution in [-0.4, -0.2) is 29.2 Å². The lowest BCUT2D eigenvalue weighted by molar-refractivity contribution is -0.138. The van der Waals surface area contributed by atoms with Crippen molar-refractivity contribution in [1.82, 2.24) is 4.90 Å². The summed E-state index contributed by atoms with van der Waals surface area (Å²) in [6.45, 7) is 1.00. The summed E-state index contributed by atoms with van der Waals surface area (Å²) in [6.07, 6.45) is -2.91. The third-order valence-corrected chi connectivity index (χ3v) is 5.05. The Labute approximate surface area is 137 Å². The van der Waals surface area contributed by atoms with Gasteiger partial charge < -0.3 is 4.90 Å². The number of hydrogen-bond acceptors (Lipinski definition) is 1. The molecule has 0 aromatic heterocycles. The molecule has 1 saturated heterocycles. The molecule has 1 aliphatic heterocycles. The molecular formula is C14H14Br2F3NO. The molecule has 2 rings (SSSR count). The van der Waals surface area contributed by atoms with Crippen LogP contribution < -0.4 is 0 Å². The molecule has 7 heteroatoms. The van der Waals surface area contributed by atoms with Crippen LogP contribution >= 0.6 is 31.9 Å². The summed E-state index contributed by atoms with van der Waals surface area (Å²) in [5.74, 6) is -0.0519. The van der Waals surface area contributed by atoms with E-state index in [1.807, 2.05) is 0 Å². The lowest BCUT2D eigenvalue weighted by Crippen LogP contribution is -2.39. The number of amides is 1. The first-order valence-corrected chi connectivity index (χ1v) is 8.46. The number of nitrogens with zero attached hydrogens (tertiary/aromatic N) is 1. The molecule has 0 bridgehead atoms. The monoisotopic (exact) mass is 427 g/mol. The fourth-order valence-electron chi connectivity index (χ4n) is 2.40. The maximum absolute atomic E-state index is 13.1. The van der Waals surface area contributed by atoms with Gasteiger partial charge >= 0.3 is 6.18 Å². The van der Waals surface area contributed by atoms with E-state index in [0.717, 1.165) is 24.2 Å². The van der Waals surface area contributed by atoms with Crippen molar-refractivity contribution in [3.8, 4) is 0 Å². The molecule has 21 heavy (non-hydrogen) atoms. The van der Waals surface area contributed by atoms with E-state index in [4.69, 9.17) is 0 Å². The van der Waals surface area contributed by atoms with Gasteiger partial charge in [0.2, 0.25) is 0 Å². The predicted molar refractivity (Wildman–Crippen MR) is 81.6 cm³/mol. The van der Waals surface area contributed by atoms with Gasteiger partial charge in [-0.3, -0.25) is 4.79 Å². The standard InChI is InChI=1S/C14H14Br2F3NO/c15-8-9-3-5-20(6-4-9)13(21)11-2-1-10(16)7-12(11)14(17,18)19/h1-2,7,9H,3-6,8H2. The summed E-state index contributed by atoms with van der Waals surface area (Å²) < 4.78 is 39.5. The van der Waals surface area contributed by atoms with Crippen LogP contribution in [0.2, 0.25) is 0 Å². The lowest BCUT2D eigenvalue weighted by atomic mass is 9.97. The number of carbonyl (C=O) groups is 1. The number of piperidine rings is 1. The molecule has 0 N–H and O–H groups in total. The zero-order valence-corrected chi connectivity index (χ0v) is 14.3. The van der Waals surface area contributed by atoms with Crippen LogP contribution in [0.1, 0.15) is 28.8 Å². The average molecular weight is 429 g/mol. The molecule has 0 atom stereocenters. The summed E-state index contributed by atoms with van der Waals surface area (Å²) in [6, 6.07) is 3.66. The molecule has 1 heterocycles. The number of halogens is 5. The number of rotatable bonds is 2. The highest BCUT2D eigenvalue weighted by Gasteiger charge is 2.36. The molecule has 0 saturated carbocycles. The molecule has 0 unspecified atom stereocenters. The average Bonchev–Trinajstić information content (AvgIpc) is 2.45. The summed E-state index contributed by atoms with van der Waals surface area (Å²) in [4.78, 5) is 13.9. The van der Waals surface area contributed by atoms with Crippen molar-refractivity contribution in [2.45, 2.75) is 19.0 Å². The van der Waals surface area contributed by atoms with Gasteiger partial charge in [-0.25, -0.2) is 0 Å². The topological polar surface area (TPSA) is 20.3 Å². The molecule has 1 aromatic carbocycles.